The van der Waals surface area contributed by atoms with Crippen LogP contribution in [-0.4, -0.2) is 14.2 Å². The maximum absolute atomic E-state index is 11.4. The Balaban J connectivity index is 0.000000791. The van der Waals surface area contributed by atoms with Crippen LogP contribution in [0.3, 0.4) is 0 Å². The molecule has 1 rings (SSSR count). The Hall–Kier alpha value is -0.830. The van der Waals surface area contributed by atoms with Crippen LogP contribution in [0.1, 0.15) is 26.3 Å². The van der Waals surface area contributed by atoms with Gasteiger partial charge in [-0.05, 0) is 24.6 Å². The van der Waals surface area contributed by atoms with E-state index in [-0.39, 0.29) is 5.75 Å². The summed E-state index contributed by atoms with van der Waals surface area (Å²) in [6.07, 6.45) is 0. The van der Waals surface area contributed by atoms with Gasteiger partial charge in [0.15, 0.2) is 9.84 Å². The van der Waals surface area contributed by atoms with Crippen molar-refractivity contribution in [1.82, 2.24) is 0 Å². The summed E-state index contributed by atoms with van der Waals surface area (Å²) >= 11 is 0. The molecule has 80 valence electrons. The normalized spacial score (nSPS) is 10.3. The first-order valence-electron chi connectivity index (χ1n) is 4.85. The van der Waals surface area contributed by atoms with Gasteiger partial charge >= 0.3 is 0 Å². The molecule has 2 nitrogen and oxygen atoms in total. The van der Waals surface area contributed by atoms with E-state index in [2.05, 4.69) is 0 Å². The molecule has 0 bridgehead atoms. The van der Waals surface area contributed by atoms with Crippen LogP contribution in [0.5, 0.6) is 0 Å². The molecule has 0 saturated carbocycles. The summed E-state index contributed by atoms with van der Waals surface area (Å²) in [5.74, 6) is 0.163. The summed E-state index contributed by atoms with van der Waals surface area (Å²) in [6.45, 7) is 7.53. The van der Waals surface area contributed by atoms with Gasteiger partial charge in [-0.3, -0.25) is 0 Å². The molecule has 0 heterocycles. The van der Waals surface area contributed by atoms with E-state index in [1.807, 2.05) is 26.8 Å². The second-order valence-electron chi connectivity index (χ2n) is 2.72. The monoisotopic (exact) mass is 214 g/mol. The Morgan fingerprint density at radius 1 is 1.21 bits per heavy atom. The van der Waals surface area contributed by atoms with Crippen LogP contribution in [0.25, 0.3) is 0 Å². The summed E-state index contributed by atoms with van der Waals surface area (Å²) in [5, 5.41) is 0. The van der Waals surface area contributed by atoms with Crippen molar-refractivity contribution >= 4 is 9.84 Å². The highest BCUT2D eigenvalue weighted by atomic mass is 32.2. The molecule has 0 atom stereocenters. The molecule has 0 fully saturated rings. The number of rotatable bonds is 2. The lowest BCUT2D eigenvalue weighted by molar-refractivity contribution is 0.597. The number of hydrogen-bond donors (Lipinski definition) is 0. The lowest BCUT2D eigenvalue weighted by atomic mass is 10.2. The van der Waals surface area contributed by atoms with E-state index in [1.165, 1.54) is 0 Å². The predicted octanol–water partition coefficient (Wildman–Crippen LogP) is 2.81. The minimum absolute atomic E-state index is 0.163. The van der Waals surface area contributed by atoms with Crippen LogP contribution in [-0.2, 0) is 9.84 Å². The maximum atomic E-state index is 11.4. The third-order valence-corrected chi connectivity index (χ3v) is 3.46. The third-order valence-electron chi connectivity index (χ3n) is 1.73. The zero-order valence-electron chi connectivity index (χ0n) is 9.24. The zero-order valence-corrected chi connectivity index (χ0v) is 10.1. The summed E-state index contributed by atoms with van der Waals surface area (Å²) in [7, 11) is -3.02. The van der Waals surface area contributed by atoms with E-state index in [0.29, 0.717) is 4.90 Å². The lowest BCUT2D eigenvalue weighted by Crippen LogP contribution is -2.03. The van der Waals surface area contributed by atoms with Gasteiger partial charge in [-0.1, -0.05) is 32.9 Å². The molecular formula is C11H18O2S. The van der Waals surface area contributed by atoms with Gasteiger partial charge in [-0.15, -0.1) is 0 Å². The van der Waals surface area contributed by atoms with E-state index >= 15 is 0 Å². The number of hydrogen-bond acceptors (Lipinski definition) is 2. The smallest absolute Gasteiger partial charge is 0.178 e. The second kappa shape index (κ2) is 5.81. The number of aryl methyl sites for hydroxylation is 1. The Morgan fingerprint density at radius 3 is 2.21 bits per heavy atom. The molecule has 0 N–H and O–H groups in total. The fourth-order valence-electron chi connectivity index (χ4n) is 0.975. The van der Waals surface area contributed by atoms with Crippen molar-refractivity contribution in [3.8, 4) is 0 Å². The van der Waals surface area contributed by atoms with Gasteiger partial charge in [0.05, 0.1) is 10.6 Å². The second-order valence-corrected chi connectivity index (χ2v) is 5.00. The van der Waals surface area contributed by atoms with E-state index in [9.17, 15) is 8.42 Å². The van der Waals surface area contributed by atoms with Crippen LogP contribution in [0.2, 0.25) is 0 Å². The Kier molecular flexibility index (Phi) is 5.46. The van der Waals surface area contributed by atoms with Crippen molar-refractivity contribution in [2.24, 2.45) is 0 Å². The molecule has 1 aromatic carbocycles. The van der Waals surface area contributed by atoms with Crippen molar-refractivity contribution in [3.05, 3.63) is 29.8 Å². The fourth-order valence-corrected chi connectivity index (χ4v) is 1.96. The Bertz CT molecular complexity index is 367. The standard InChI is InChI=1S/C9H12O2S.C2H6/c1-3-12(10,11)9-6-4-5-8(2)7-9;1-2/h4-7H,3H2,1-2H3;1-2H3. The topological polar surface area (TPSA) is 34.1 Å². The highest BCUT2D eigenvalue weighted by molar-refractivity contribution is 7.91. The first-order chi connectivity index (χ1) is 6.56. The molecular weight excluding hydrogens is 196 g/mol. The van der Waals surface area contributed by atoms with Gasteiger partial charge in [0.25, 0.3) is 0 Å². The van der Waals surface area contributed by atoms with Crippen molar-refractivity contribution in [1.29, 1.82) is 0 Å². The molecule has 0 aliphatic heterocycles. The summed E-state index contributed by atoms with van der Waals surface area (Å²) in [6, 6.07) is 6.97. The largest absolute Gasteiger partial charge is 0.224 e. The predicted molar refractivity (Wildman–Crippen MR) is 60.3 cm³/mol. The van der Waals surface area contributed by atoms with E-state index < -0.39 is 9.84 Å². The fraction of sp³-hybridized carbons (Fsp3) is 0.455. The Morgan fingerprint density at radius 2 is 1.79 bits per heavy atom. The highest BCUT2D eigenvalue weighted by Gasteiger charge is 2.09. The third kappa shape index (κ3) is 3.50. The van der Waals surface area contributed by atoms with Gasteiger partial charge in [0, 0.05) is 0 Å². The summed E-state index contributed by atoms with van der Waals surface area (Å²) in [5.41, 5.74) is 0.976. The summed E-state index contributed by atoms with van der Waals surface area (Å²) in [4.78, 5) is 0.421. The molecule has 14 heavy (non-hydrogen) atoms. The van der Waals surface area contributed by atoms with Crippen LogP contribution >= 0.6 is 0 Å². The van der Waals surface area contributed by atoms with E-state index in [0.717, 1.165) is 5.56 Å². The van der Waals surface area contributed by atoms with Crippen molar-refractivity contribution in [2.45, 2.75) is 32.6 Å². The first kappa shape index (κ1) is 13.2. The average molecular weight is 214 g/mol. The first-order valence-corrected chi connectivity index (χ1v) is 6.51. The molecule has 0 unspecified atom stereocenters. The number of benzene rings is 1. The van der Waals surface area contributed by atoms with Crippen LogP contribution in [0, 0.1) is 6.92 Å². The number of sulfone groups is 1. The van der Waals surface area contributed by atoms with Gasteiger partial charge in [-0.2, -0.15) is 0 Å². The van der Waals surface area contributed by atoms with Gasteiger partial charge in [0.2, 0.25) is 0 Å². The Labute approximate surface area is 86.9 Å². The van der Waals surface area contributed by atoms with Gasteiger partial charge in [0.1, 0.15) is 0 Å². The molecule has 1 aromatic rings. The highest BCUT2D eigenvalue weighted by Crippen LogP contribution is 2.11. The molecule has 0 saturated heterocycles. The van der Waals surface area contributed by atoms with Crippen molar-refractivity contribution in [3.63, 3.8) is 0 Å². The molecule has 0 spiro atoms. The van der Waals surface area contributed by atoms with Crippen LogP contribution < -0.4 is 0 Å². The van der Waals surface area contributed by atoms with E-state index in [1.54, 1.807) is 25.1 Å². The van der Waals surface area contributed by atoms with Gasteiger partial charge in [-0.25, -0.2) is 8.42 Å². The van der Waals surface area contributed by atoms with Crippen molar-refractivity contribution < 1.29 is 8.42 Å². The molecule has 3 heteroatoms. The molecule has 0 aliphatic rings. The van der Waals surface area contributed by atoms with Gasteiger partial charge < -0.3 is 0 Å². The molecule has 0 aliphatic carbocycles. The SMILES string of the molecule is CC.CCS(=O)(=O)c1cccc(C)c1. The maximum Gasteiger partial charge on any atom is 0.178 e. The van der Waals surface area contributed by atoms with E-state index in [4.69, 9.17) is 0 Å². The molecule has 0 aromatic heterocycles. The minimum Gasteiger partial charge on any atom is -0.224 e. The average Bonchev–Trinajstić information content (AvgIpc) is 2.21. The lowest BCUT2D eigenvalue weighted by Gasteiger charge is -2.00. The van der Waals surface area contributed by atoms with Crippen LogP contribution in [0.4, 0.5) is 0 Å². The van der Waals surface area contributed by atoms with Crippen molar-refractivity contribution in [2.75, 3.05) is 5.75 Å². The molecule has 0 radical (unpaired) electrons. The zero-order chi connectivity index (χ0) is 11.2. The van der Waals surface area contributed by atoms with Crippen LogP contribution in [0.15, 0.2) is 29.2 Å². The summed E-state index contributed by atoms with van der Waals surface area (Å²) < 4.78 is 22.7. The molecule has 0 amide bonds. The quantitative estimate of drug-likeness (QED) is 0.758. The minimum atomic E-state index is -3.02.